The summed E-state index contributed by atoms with van der Waals surface area (Å²) in [5, 5.41) is 6.92. The quantitative estimate of drug-likeness (QED) is 0.500. The molecule has 0 unspecified atom stereocenters. The molecule has 0 radical (unpaired) electrons. The summed E-state index contributed by atoms with van der Waals surface area (Å²) in [5.41, 5.74) is 7.37. The minimum absolute atomic E-state index is 0.0520. The van der Waals surface area contributed by atoms with Gasteiger partial charge in [-0.3, -0.25) is 15.2 Å². The van der Waals surface area contributed by atoms with Gasteiger partial charge in [0, 0.05) is 36.1 Å². The number of halogens is 1. The minimum Gasteiger partial charge on any atom is -0.358 e. The van der Waals surface area contributed by atoms with E-state index in [1.807, 2.05) is 18.2 Å². The van der Waals surface area contributed by atoms with Crippen LogP contribution in [0.5, 0.6) is 0 Å². The highest BCUT2D eigenvalue weighted by atomic mass is 19.1. The van der Waals surface area contributed by atoms with Crippen molar-refractivity contribution in [3.63, 3.8) is 0 Å². The van der Waals surface area contributed by atoms with Crippen LogP contribution >= 0.6 is 0 Å². The number of hydrogen-bond donors (Lipinski definition) is 3. The van der Waals surface area contributed by atoms with Gasteiger partial charge in [-0.25, -0.2) is 4.39 Å². The molecule has 3 N–H and O–H groups in total. The number of aromatic amines is 1. The topological polar surface area (TPSA) is 82.2 Å². The fraction of sp³-hybridized carbons (Fsp3) is 0.105. The van der Waals surface area contributed by atoms with Crippen molar-refractivity contribution in [1.29, 1.82) is 0 Å². The molecule has 3 aromatic rings. The summed E-state index contributed by atoms with van der Waals surface area (Å²) in [5.74, 6) is -0.381. The second-order valence-corrected chi connectivity index (χ2v) is 5.93. The zero-order chi connectivity index (χ0) is 17.9. The maximum atomic E-state index is 13.1. The predicted molar refractivity (Wildman–Crippen MR) is 97.7 cm³/mol. The standard InChI is InChI=1S/C19H16FN5O/c20-13-2-1-3-14(9-13)25-23-11-15-8-12(4-6-21-15)18-10-16-17(24-18)5-7-22-19(16)26/h1-4,6,8-11,24-25H,5,7H2,(H,22,26). The first-order valence-electron chi connectivity index (χ1n) is 8.20. The monoisotopic (exact) mass is 349 g/mol. The minimum atomic E-state index is -0.329. The van der Waals surface area contributed by atoms with Gasteiger partial charge >= 0.3 is 0 Å². The van der Waals surface area contributed by atoms with Crippen molar-refractivity contribution in [3.05, 3.63) is 71.4 Å². The second kappa shape index (κ2) is 6.79. The molecule has 0 bridgehead atoms. The predicted octanol–water partition coefficient (Wildman–Crippen LogP) is 2.95. The summed E-state index contributed by atoms with van der Waals surface area (Å²) in [7, 11) is 0. The van der Waals surface area contributed by atoms with Gasteiger partial charge < -0.3 is 10.3 Å². The van der Waals surface area contributed by atoms with Crippen LogP contribution in [0, 0.1) is 5.82 Å². The number of carbonyl (C=O) groups excluding carboxylic acids is 1. The fourth-order valence-electron chi connectivity index (χ4n) is 2.87. The van der Waals surface area contributed by atoms with Crippen molar-refractivity contribution in [3.8, 4) is 11.3 Å². The summed E-state index contributed by atoms with van der Waals surface area (Å²) in [6, 6.07) is 11.6. The van der Waals surface area contributed by atoms with E-state index in [-0.39, 0.29) is 11.7 Å². The number of rotatable bonds is 4. The highest BCUT2D eigenvalue weighted by Crippen LogP contribution is 2.24. The number of carbonyl (C=O) groups is 1. The molecule has 0 fully saturated rings. The van der Waals surface area contributed by atoms with Crippen LogP contribution in [0.2, 0.25) is 0 Å². The van der Waals surface area contributed by atoms with E-state index in [1.54, 1.807) is 24.5 Å². The lowest BCUT2D eigenvalue weighted by molar-refractivity contribution is 0.0946. The third-order valence-corrected chi connectivity index (χ3v) is 4.11. The lowest BCUT2D eigenvalue weighted by Gasteiger charge is -2.10. The van der Waals surface area contributed by atoms with Gasteiger partial charge in [-0.15, -0.1) is 0 Å². The van der Waals surface area contributed by atoms with E-state index >= 15 is 0 Å². The van der Waals surface area contributed by atoms with Gasteiger partial charge in [0.05, 0.1) is 23.2 Å². The maximum Gasteiger partial charge on any atom is 0.253 e. The third kappa shape index (κ3) is 3.32. The number of hydrogen-bond acceptors (Lipinski definition) is 4. The lowest BCUT2D eigenvalue weighted by Crippen LogP contribution is -2.31. The van der Waals surface area contributed by atoms with Gasteiger partial charge in [-0.2, -0.15) is 5.10 Å². The lowest BCUT2D eigenvalue weighted by atomic mass is 10.1. The molecule has 130 valence electrons. The molecule has 0 spiro atoms. The molecule has 26 heavy (non-hydrogen) atoms. The van der Waals surface area contributed by atoms with Gasteiger partial charge in [0.1, 0.15) is 5.82 Å². The van der Waals surface area contributed by atoms with Crippen molar-refractivity contribution in [2.75, 3.05) is 12.0 Å². The smallest absolute Gasteiger partial charge is 0.253 e. The summed E-state index contributed by atoms with van der Waals surface area (Å²) in [6.07, 6.45) is 4.03. The molecule has 6 nitrogen and oxygen atoms in total. The van der Waals surface area contributed by atoms with E-state index < -0.39 is 0 Å². The first-order valence-corrected chi connectivity index (χ1v) is 8.20. The van der Waals surface area contributed by atoms with Gasteiger partial charge in [0.15, 0.2) is 0 Å². The van der Waals surface area contributed by atoms with E-state index in [9.17, 15) is 9.18 Å². The van der Waals surface area contributed by atoms with Crippen LogP contribution < -0.4 is 10.7 Å². The van der Waals surface area contributed by atoms with E-state index in [0.29, 0.717) is 23.5 Å². The zero-order valence-corrected chi connectivity index (χ0v) is 13.8. The summed E-state index contributed by atoms with van der Waals surface area (Å²) < 4.78 is 13.1. The first kappa shape index (κ1) is 16.0. The Morgan fingerprint density at radius 3 is 3.00 bits per heavy atom. The van der Waals surface area contributed by atoms with Crippen molar-refractivity contribution in [1.82, 2.24) is 15.3 Å². The Labute approximate surface area is 149 Å². The number of fused-ring (bicyclic) bond motifs is 1. The van der Waals surface area contributed by atoms with Crippen molar-refractivity contribution < 1.29 is 9.18 Å². The number of benzene rings is 1. The Hall–Kier alpha value is -3.48. The molecule has 1 amide bonds. The van der Waals surface area contributed by atoms with Gasteiger partial charge in [0.25, 0.3) is 5.91 Å². The molecular weight excluding hydrogens is 333 g/mol. The van der Waals surface area contributed by atoms with Crippen LogP contribution in [-0.2, 0) is 6.42 Å². The molecule has 3 heterocycles. The van der Waals surface area contributed by atoms with Gasteiger partial charge in [-0.1, -0.05) is 6.07 Å². The Kier molecular flexibility index (Phi) is 4.18. The Morgan fingerprint density at radius 1 is 1.23 bits per heavy atom. The van der Waals surface area contributed by atoms with E-state index in [1.165, 1.54) is 12.1 Å². The summed E-state index contributed by atoms with van der Waals surface area (Å²) in [4.78, 5) is 19.5. The number of nitrogens with zero attached hydrogens (tertiary/aromatic N) is 2. The molecule has 0 atom stereocenters. The number of H-pyrrole nitrogens is 1. The normalized spacial score (nSPS) is 13.5. The molecule has 4 rings (SSSR count). The number of anilines is 1. The Balaban J connectivity index is 1.53. The zero-order valence-electron chi connectivity index (χ0n) is 13.8. The van der Waals surface area contributed by atoms with Crippen LogP contribution in [0.15, 0.2) is 53.8 Å². The number of pyridine rings is 1. The molecule has 0 saturated heterocycles. The van der Waals surface area contributed by atoms with Crippen LogP contribution in [0.1, 0.15) is 21.7 Å². The molecular formula is C19H16FN5O. The van der Waals surface area contributed by atoms with Crippen molar-refractivity contribution in [2.45, 2.75) is 6.42 Å². The number of amides is 1. The van der Waals surface area contributed by atoms with E-state index in [2.05, 4.69) is 25.8 Å². The molecule has 1 aliphatic rings. The number of nitrogens with one attached hydrogen (secondary N) is 3. The molecule has 2 aromatic heterocycles. The Bertz CT molecular complexity index is 995. The first-order chi connectivity index (χ1) is 12.7. The molecule has 0 saturated carbocycles. The van der Waals surface area contributed by atoms with Crippen LogP contribution in [0.3, 0.4) is 0 Å². The molecule has 1 aromatic carbocycles. The van der Waals surface area contributed by atoms with Gasteiger partial charge in [0.2, 0.25) is 0 Å². The second-order valence-electron chi connectivity index (χ2n) is 5.93. The fourth-order valence-corrected chi connectivity index (χ4v) is 2.87. The molecule has 0 aliphatic carbocycles. The SMILES string of the molecule is O=C1NCCc2[nH]c(-c3ccnc(C=NNc4cccc(F)c4)c3)cc21. The van der Waals surface area contributed by atoms with Gasteiger partial charge in [-0.05, 0) is 36.4 Å². The third-order valence-electron chi connectivity index (χ3n) is 4.11. The number of hydrazone groups is 1. The largest absolute Gasteiger partial charge is 0.358 e. The van der Waals surface area contributed by atoms with E-state index in [0.717, 1.165) is 23.4 Å². The van der Waals surface area contributed by atoms with E-state index in [4.69, 9.17) is 0 Å². The average Bonchev–Trinajstić information content (AvgIpc) is 3.08. The highest BCUT2D eigenvalue weighted by molar-refractivity contribution is 5.97. The van der Waals surface area contributed by atoms with Crippen LogP contribution in [0.25, 0.3) is 11.3 Å². The average molecular weight is 349 g/mol. The summed E-state index contributed by atoms with van der Waals surface area (Å²) in [6.45, 7) is 0.645. The Morgan fingerprint density at radius 2 is 2.15 bits per heavy atom. The molecule has 1 aliphatic heterocycles. The number of aromatic nitrogens is 2. The highest BCUT2D eigenvalue weighted by Gasteiger charge is 2.19. The maximum absolute atomic E-state index is 13.1. The van der Waals surface area contributed by atoms with Crippen molar-refractivity contribution >= 4 is 17.8 Å². The summed E-state index contributed by atoms with van der Waals surface area (Å²) >= 11 is 0. The van der Waals surface area contributed by atoms with Crippen LogP contribution in [0.4, 0.5) is 10.1 Å². The van der Waals surface area contributed by atoms with Crippen LogP contribution in [-0.4, -0.2) is 28.6 Å². The van der Waals surface area contributed by atoms with Crippen molar-refractivity contribution in [2.24, 2.45) is 5.10 Å². The molecule has 7 heteroatoms.